The van der Waals surface area contributed by atoms with Gasteiger partial charge in [-0.1, -0.05) is 6.08 Å². The molecule has 0 bridgehead atoms. The van der Waals surface area contributed by atoms with E-state index in [0.29, 0.717) is 5.92 Å². The maximum atomic E-state index is 5.47. The molecule has 0 fully saturated rings. The summed E-state index contributed by atoms with van der Waals surface area (Å²) in [7, 11) is 1.68. The fraction of sp³-hybridized carbons (Fsp3) is 0.500. The molecule has 0 saturated carbocycles. The lowest BCUT2D eigenvalue weighted by Gasteiger charge is -2.12. The Hall–Kier alpha value is -0.760. The van der Waals surface area contributed by atoms with Crippen molar-refractivity contribution in [2.45, 2.75) is 6.42 Å². The summed E-state index contributed by atoms with van der Waals surface area (Å²) >= 11 is 0. The molecule has 1 rings (SSSR count). The number of ether oxygens (including phenoxy) is 1. The molecular weight excluding hydrogens is 126 g/mol. The molecule has 0 saturated heterocycles. The SMILES string of the molecule is COC1=CCC(CN)C=C1. The van der Waals surface area contributed by atoms with Crippen molar-refractivity contribution in [3.05, 3.63) is 24.0 Å². The van der Waals surface area contributed by atoms with Gasteiger partial charge in [-0.05, 0) is 31.0 Å². The molecule has 0 amide bonds. The van der Waals surface area contributed by atoms with E-state index in [-0.39, 0.29) is 0 Å². The monoisotopic (exact) mass is 139 g/mol. The van der Waals surface area contributed by atoms with Crippen LogP contribution in [0.5, 0.6) is 0 Å². The van der Waals surface area contributed by atoms with Gasteiger partial charge in [0.15, 0.2) is 0 Å². The third-order valence-corrected chi connectivity index (χ3v) is 1.69. The van der Waals surface area contributed by atoms with Crippen LogP contribution in [-0.2, 0) is 4.74 Å². The van der Waals surface area contributed by atoms with Gasteiger partial charge in [-0.3, -0.25) is 0 Å². The molecule has 0 aromatic heterocycles. The zero-order valence-corrected chi connectivity index (χ0v) is 6.21. The summed E-state index contributed by atoms with van der Waals surface area (Å²) in [5.41, 5.74) is 5.47. The first kappa shape index (κ1) is 7.35. The largest absolute Gasteiger partial charge is 0.497 e. The summed E-state index contributed by atoms with van der Waals surface area (Å²) in [6.45, 7) is 0.726. The molecule has 0 heterocycles. The third-order valence-electron chi connectivity index (χ3n) is 1.69. The average molecular weight is 139 g/mol. The Balaban J connectivity index is 2.46. The van der Waals surface area contributed by atoms with Gasteiger partial charge in [0.25, 0.3) is 0 Å². The van der Waals surface area contributed by atoms with Crippen LogP contribution < -0.4 is 5.73 Å². The van der Waals surface area contributed by atoms with Crippen LogP contribution in [0, 0.1) is 5.92 Å². The quantitative estimate of drug-likeness (QED) is 0.620. The molecule has 2 N–H and O–H groups in total. The second-order valence-electron chi connectivity index (χ2n) is 2.40. The summed E-state index contributed by atoms with van der Waals surface area (Å²) < 4.78 is 5.02. The molecule has 0 aromatic rings. The van der Waals surface area contributed by atoms with E-state index in [0.717, 1.165) is 18.7 Å². The minimum atomic E-state index is 0.513. The normalized spacial score (nSPS) is 24.2. The molecule has 1 unspecified atom stereocenters. The van der Waals surface area contributed by atoms with Crippen LogP contribution in [0.4, 0.5) is 0 Å². The van der Waals surface area contributed by atoms with Gasteiger partial charge in [0.2, 0.25) is 0 Å². The predicted octanol–water partition coefficient (Wildman–Crippen LogP) is 1.05. The van der Waals surface area contributed by atoms with E-state index in [9.17, 15) is 0 Å². The number of nitrogens with two attached hydrogens (primary N) is 1. The highest BCUT2D eigenvalue weighted by Gasteiger charge is 2.05. The maximum Gasteiger partial charge on any atom is 0.114 e. The molecule has 0 radical (unpaired) electrons. The van der Waals surface area contributed by atoms with Gasteiger partial charge in [-0.25, -0.2) is 0 Å². The lowest BCUT2D eigenvalue weighted by Crippen LogP contribution is -2.13. The average Bonchev–Trinajstić information content (AvgIpc) is 2.05. The van der Waals surface area contributed by atoms with Crippen molar-refractivity contribution in [3.63, 3.8) is 0 Å². The highest BCUT2D eigenvalue weighted by molar-refractivity contribution is 5.18. The number of hydrogen-bond donors (Lipinski definition) is 1. The molecule has 0 aliphatic heterocycles. The highest BCUT2D eigenvalue weighted by Crippen LogP contribution is 2.14. The molecule has 2 nitrogen and oxygen atoms in total. The molecule has 0 aromatic carbocycles. The van der Waals surface area contributed by atoms with Gasteiger partial charge in [0.1, 0.15) is 5.76 Å². The van der Waals surface area contributed by atoms with E-state index in [1.165, 1.54) is 0 Å². The first-order valence-corrected chi connectivity index (χ1v) is 3.49. The van der Waals surface area contributed by atoms with Crippen molar-refractivity contribution in [2.75, 3.05) is 13.7 Å². The Morgan fingerprint density at radius 3 is 3.00 bits per heavy atom. The van der Waals surface area contributed by atoms with Crippen LogP contribution in [0.25, 0.3) is 0 Å². The van der Waals surface area contributed by atoms with Crippen molar-refractivity contribution in [1.82, 2.24) is 0 Å². The fourth-order valence-electron chi connectivity index (χ4n) is 0.971. The van der Waals surface area contributed by atoms with Crippen LogP contribution in [-0.4, -0.2) is 13.7 Å². The van der Waals surface area contributed by atoms with E-state index in [4.69, 9.17) is 10.5 Å². The predicted molar refractivity (Wildman–Crippen MR) is 41.4 cm³/mol. The van der Waals surface area contributed by atoms with Gasteiger partial charge in [-0.2, -0.15) is 0 Å². The van der Waals surface area contributed by atoms with E-state index in [2.05, 4.69) is 12.2 Å². The van der Waals surface area contributed by atoms with Crippen molar-refractivity contribution in [3.8, 4) is 0 Å². The van der Waals surface area contributed by atoms with E-state index in [1.807, 2.05) is 6.08 Å². The highest BCUT2D eigenvalue weighted by atomic mass is 16.5. The number of hydrogen-bond acceptors (Lipinski definition) is 2. The minimum absolute atomic E-state index is 0.513. The lowest BCUT2D eigenvalue weighted by molar-refractivity contribution is 0.301. The first-order chi connectivity index (χ1) is 4.86. The van der Waals surface area contributed by atoms with E-state index in [1.54, 1.807) is 7.11 Å². The van der Waals surface area contributed by atoms with Crippen LogP contribution in [0.2, 0.25) is 0 Å². The first-order valence-electron chi connectivity index (χ1n) is 3.49. The van der Waals surface area contributed by atoms with E-state index < -0.39 is 0 Å². The summed E-state index contributed by atoms with van der Waals surface area (Å²) in [4.78, 5) is 0. The van der Waals surface area contributed by atoms with Crippen molar-refractivity contribution < 1.29 is 4.74 Å². The summed E-state index contributed by atoms with van der Waals surface area (Å²) in [5.74, 6) is 1.46. The zero-order valence-electron chi connectivity index (χ0n) is 6.21. The van der Waals surface area contributed by atoms with Gasteiger partial charge in [0.05, 0.1) is 7.11 Å². The van der Waals surface area contributed by atoms with Crippen molar-refractivity contribution in [2.24, 2.45) is 11.7 Å². The molecular formula is C8H13NO. The van der Waals surface area contributed by atoms with Gasteiger partial charge >= 0.3 is 0 Å². The number of rotatable bonds is 2. The fourth-order valence-corrected chi connectivity index (χ4v) is 0.971. The Morgan fingerprint density at radius 1 is 1.80 bits per heavy atom. The van der Waals surface area contributed by atoms with E-state index >= 15 is 0 Å². The van der Waals surface area contributed by atoms with Crippen molar-refractivity contribution >= 4 is 0 Å². The van der Waals surface area contributed by atoms with Crippen LogP contribution >= 0.6 is 0 Å². The molecule has 1 aliphatic carbocycles. The topological polar surface area (TPSA) is 35.2 Å². The minimum Gasteiger partial charge on any atom is -0.497 e. The summed E-state index contributed by atoms with van der Waals surface area (Å²) in [5, 5.41) is 0. The molecule has 0 spiro atoms. The Morgan fingerprint density at radius 2 is 2.60 bits per heavy atom. The molecule has 1 atom stereocenters. The van der Waals surface area contributed by atoms with Gasteiger partial charge in [-0.15, -0.1) is 0 Å². The summed E-state index contributed by atoms with van der Waals surface area (Å²) in [6.07, 6.45) is 7.15. The third kappa shape index (κ3) is 1.61. The zero-order chi connectivity index (χ0) is 7.40. The second-order valence-corrected chi connectivity index (χ2v) is 2.40. The second kappa shape index (κ2) is 3.42. The molecule has 56 valence electrons. The Kier molecular flexibility index (Phi) is 2.51. The molecule has 2 heteroatoms. The van der Waals surface area contributed by atoms with Crippen molar-refractivity contribution in [1.29, 1.82) is 0 Å². The van der Waals surface area contributed by atoms with Gasteiger partial charge < -0.3 is 10.5 Å². The van der Waals surface area contributed by atoms with Gasteiger partial charge in [0, 0.05) is 0 Å². The molecule has 1 aliphatic rings. The van der Waals surface area contributed by atoms with Crippen LogP contribution in [0.15, 0.2) is 24.0 Å². The number of allylic oxidation sites excluding steroid dienone is 2. The van der Waals surface area contributed by atoms with Crippen LogP contribution in [0.3, 0.4) is 0 Å². The Labute approximate surface area is 61.4 Å². The lowest BCUT2D eigenvalue weighted by atomic mass is 10.0. The maximum absolute atomic E-state index is 5.47. The Bertz CT molecular complexity index is 161. The summed E-state index contributed by atoms with van der Waals surface area (Å²) in [6, 6.07) is 0. The smallest absolute Gasteiger partial charge is 0.114 e. The molecule has 10 heavy (non-hydrogen) atoms. The number of methoxy groups -OCH3 is 1. The standard InChI is InChI=1S/C8H13NO/c1-10-8-4-2-7(6-9)3-5-8/h2,4-5,7H,3,6,9H2,1H3. The van der Waals surface area contributed by atoms with Crippen LogP contribution in [0.1, 0.15) is 6.42 Å².